The molecule has 2 nitrogen and oxygen atoms in total. The van der Waals surface area contributed by atoms with Gasteiger partial charge in [-0.15, -0.1) is 0 Å². The molecule has 0 aliphatic rings. The van der Waals surface area contributed by atoms with Gasteiger partial charge in [0.1, 0.15) is 11.5 Å². The fourth-order valence-corrected chi connectivity index (χ4v) is 1.27. The molecule has 4 heteroatoms. The summed E-state index contributed by atoms with van der Waals surface area (Å²) >= 11 is 0. The second-order valence-corrected chi connectivity index (χ2v) is 3.00. The number of rotatable bonds is 3. The summed E-state index contributed by atoms with van der Waals surface area (Å²) in [5.41, 5.74) is -0.126. The Hall–Kier alpha value is -0.900. The van der Waals surface area contributed by atoms with Crippen LogP contribution in [0.15, 0.2) is 10.5 Å². The second kappa shape index (κ2) is 3.46. The van der Waals surface area contributed by atoms with Crippen LogP contribution in [0.1, 0.15) is 23.5 Å². The molecular formula is C9H12F2O2. The molecule has 0 aromatic carbocycles. The first-order chi connectivity index (χ1) is 5.97. The number of hydrogen-bond acceptors (Lipinski definition) is 2. The molecule has 1 N–H and O–H groups in total. The summed E-state index contributed by atoms with van der Waals surface area (Å²) in [6, 6.07) is 1.31. The number of halogens is 2. The number of aryl methyl sites for hydroxylation is 2. The molecule has 0 spiro atoms. The van der Waals surface area contributed by atoms with Crippen LogP contribution < -0.4 is 0 Å². The van der Waals surface area contributed by atoms with Crippen LogP contribution in [0.4, 0.5) is 8.78 Å². The molecule has 0 amide bonds. The lowest BCUT2D eigenvalue weighted by atomic mass is 10.1. The normalized spacial score (nSPS) is 12.1. The highest BCUT2D eigenvalue weighted by Crippen LogP contribution is 2.34. The molecule has 1 heterocycles. The SMILES string of the molecule is Cc1cc(C(F)(F)CCO)c(C)o1. The van der Waals surface area contributed by atoms with E-state index >= 15 is 0 Å². The second-order valence-electron chi connectivity index (χ2n) is 3.00. The standard InChI is InChI=1S/C9H12F2O2/c1-6-5-8(7(2)13-6)9(10,11)3-4-12/h5,12H,3-4H2,1-2H3. The smallest absolute Gasteiger partial charge is 0.278 e. The molecule has 0 aliphatic heterocycles. The van der Waals surface area contributed by atoms with Crippen LogP contribution in [0.3, 0.4) is 0 Å². The van der Waals surface area contributed by atoms with E-state index in [9.17, 15) is 8.78 Å². The van der Waals surface area contributed by atoms with E-state index < -0.39 is 19.0 Å². The molecule has 0 atom stereocenters. The van der Waals surface area contributed by atoms with E-state index in [2.05, 4.69) is 0 Å². The molecule has 1 rings (SSSR count). The maximum Gasteiger partial charge on any atom is 0.278 e. The van der Waals surface area contributed by atoms with E-state index in [1.807, 2.05) is 0 Å². The molecule has 0 unspecified atom stereocenters. The summed E-state index contributed by atoms with van der Waals surface area (Å²) in [6.45, 7) is 2.58. The Bertz CT molecular complexity index is 292. The molecule has 0 saturated carbocycles. The Morgan fingerprint density at radius 1 is 1.46 bits per heavy atom. The van der Waals surface area contributed by atoms with Crippen LogP contribution >= 0.6 is 0 Å². The number of furan rings is 1. The van der Waals surface area contributed by atoms with Gasteiger partial charge >= 0.3 is 0 Å². The highest BCUT2D eigenvalue weighted by atomic mass is 19.3. The first-order valence-electron chi connectivity index (χ1n) is 4.03. The molecule has 1 aromatic heterocycles. The lowest BCUT2D eigenvalue weighted by Crippen LogP contribution is -2.15. The predicted molar refractivity (Wildman–Crippen MR) is 43.8 cm³/mol. The van der Waals surface area contributed by atoms with E-state index in [-0.39, 0.29) is 11.3 Å². The predicted octanol–water partition coefficient (Wildman–Crippen LogP) is 2.37. The monoisotopic (exact) mass is 190 g/mol. The van der Waals surface area contributed by atoms with Gasteiger partial charge in [0.05, 0.1) is 5.56 Å². The average molecular weight is 190 g/mol. The zero-order chi connectivity index (χ0) is 10.1. The minimum Gasteiger partial charge on any atom is -0.466 e. The third-order valence-corrected chi connectivity index (χ3v) is 1.86. The summed E-state index contributed by atoms with van der Waals surface area (Å²) in [5.74, 6) is -2.31. The van der Waals surface area contributed by atoms with Gasteiger partial charge in [-0.3, -0.25) is 0 Å². The zero-order valence-corrected chi connectivity index (χ0v) is 7.60. The van der Waals surface area contributed by atoms with Crippen molar-refractivity contribution in [1.29, 1.82) is 0 Å². The van der Waals surface area contributed by atoms with Crippen LogP contribution in [0, 0.1) is 13.8 Å². The molecule has 1 aromatic rings. The highest BCUT2D eigenvalue weighted by molar-refractivity contribution is 5.24. The Labute approximate surface area is 75.2 Å². The van der Waals surface area contributed by atoms with Gasteiger partial charge in [-0.25, -0.2) is 8.78 Å². The minimum atomic E-state index is -2.99. The summed E-state index contributed by atoms with van der Waals surface area (Å²) in [4.78, 5) is 0. The van der Waals surface area contributed by atoms with Gasteiger partial charge in [-0.2, -0.15) is 0 Å². The number of alkyl halides is 2. The minimum absolute atomic E-state index is 0.126. The first-order valence-corrected chi connectivity index (χ1v) is 4.03. The van der Waals surface area contributed by atoms with Crippen molar-refractivity contribution in [2.75, 3.05) is 6.61 Å². The summed E-state index contributed by atoms with van der Waals surface area (Å²) in [7, 11) is 0. The molecule has 13 heavy (non-hydrogen) atoms. The van der Waals surface area contributed by atoms with Crippen LogP contribution in [0.5, 0.6) is 0 Å². The van der Waals surface area contributed by atoms with Crippen LogP contribution in [0.2, 0.25) is 0 Å². The third kappa shape index (κ3) is 2.06. The van der Waals surface area contributed by atoms with E-state index in [4.69, 9.17) is 9.52 Å². The van der Waals surface area contributed by atoms with Gasteiger partial charge in [0.25, 0.3) is 5.92 Å². The van der Waals surface area contributed by atoms with Crippen molar-refractivity contribution in [2.24, 2.45) is 0 Å². The van der Waals surface area contributed by atoms with Gasteiger partial charge in [0.2, 0.25) is 0 Å². The highest BCUT2D eigenvalue weighted by Gasteiger charge is 2.34. The van der Waals surface area contributed by atoms with Crippen LogP contribution in [0.25, 0.3) is 0 Å². The van der Waals surface area contributed by atoms with Gasteiger partial charge < -0.3 is 9.52 Å². The largest absolute Gasteiger partial charge is 0.466 e. The number of aliphatic hydroxyl groups is 1. The summed E-state index contributed by atoms with van der Waals surface area (Å²) < 4.78 is 31.4. The Balaban J connectivity index is 2.98. The van der Waals surface area contributed by atoms with Crippen molar-refractivity contribution in [1.82, 2.24) is 0 Å². The lowest BCUT2D eigenvalue weighted by Gasteiger charge is -2.13. The molecule has 0 radical (unpaired) electrons. The summed E-state index contributed by atoms with van der Waals surface area (Å²) in [6.07, 6.45) is -0.563. The van der Waals surface area contributed by atoms with Gasteiger partial charge in [-0.05, 0) is 19.9 Å². The Morgan fingerprint density at radius 3 is 2.46 bits per heavy atom. The quantitative estimate of drug-likeness (QED) is 0.793. The van der Waals surface area contributed by atoms with Crippen molar-refractivity contribution in [3.8, 4) is 0 Å². The zero-order valence-electron chi connectivity index (χ0n) is 7.60. The molecule has 0 aliphatic carbocycles. The number of hydrogen-bond donors (Lipinski definition) is 1. The average Bonchev–Trinajstić information content (AvgIpc) is 2.30. The topological polar surface area (TPSA) is 33.4 Å². The fraction of sp³-hybridized carbons (Fsp3) is 0.556. The maximum absolute atomic E-state index is 13.2. The van der Waals surface area contributed by atoms with E-state index in [1.165, 1.54) is 13.0 Å². The third-order valence-electron chi connectivity index (χ3n) is 1.86. The van der Waals surface area contributed by atoms with E-state index in [0.29, 0.717) is 5.76 Å². The van der Waals surface area contributed by atoms with Crippen molar-refractivity contribution in [3.05, 3.63) is 23.2 Å². The van der Waals surface area contributed by atoms with Crippen LogP contribution in [-0.4, -0.2) is 11.7 Å². The molecule has 74 valence electrons. The van der Waals surface area contributed by atoms with E-state index in [1.54, 1.807) is 6.92 Å². The van der Waals surface area contributed by atoms with E-state index in [0.717, 1.165) is 0 Å². The van der Waals surface area contributed by atoms with Crippen molar-refractivity contribution >= 4 is 0 Å². The molecular weight excluding hydrogens is 178 g/mol. The lowest BCUT2D eigenvalue weighted by molar-refractivity contribution is -0.0281. The number of aliphatic hydroxyl groups excluding tert-OH is 1. The Morgan fingerprint density at radius 2 is 2.08 bits per heavy atom. The summed E-state index contributed by atoms with van der Waals surface area (Å²) in [5, 5.41) is 8.45. The Kier molecular flexibility index (Phi) is 2.71. The van der Waals surface area contributed by atoms with Crippen molar-refractivity contribution in [2.45, 2.75) is 26.2 Å². The van der Waals surface area contributed by atoms with Crippen molar-refractivity contribution in [3.63, 3.8) is 0 Å². The van der Waals surface area contributed by atoms with Gasteiger partial charge in [0.15, 0.2) is 0 Å². The van der Waals surface area contributed by atoms with Crippen molar-refractivity contribution < 1.29 is 18.3 Å². The first kappa shape index (κ1) is 10.2. The molecule has 0 saturated heterocycles. The molecule has 0 fully saturated rings. The van der Waals surface area contributed by atoms with Gasteiger partial charge in [0, 0.05) is 13.0 Å². The maximum atomic E-state index is 13.2. The van der Waals surface area contributed by atoms with Gasteiger partial charge in [-0.1, -0.05) is 0 Å². The molecule has 0 bridgehead atoms. The van der Waals surface area contributed by atoms with Crippen LogP contribution in [-0.2, 0) is 5.92 Å². The fourth-order valence-electron chi connectivity index (χ4n) is 1.27.